The van der Waals surface area contributed by atoms with Crippen LogP contribution >= 0.6 is 0 Å². The summed E-state index contributed by atoms with van der Waals surface area (Å²) >= 11 is 0. The Kier molecular flexibility index (Phi) is 5.97. The van der Waals surface area contributed by atoms with Gasteiger partial charge < -0.3 is 14.8 Å². The second-order valence-corrected chi connectivity index (χ2v) is 8.11. The summed E-state index contributed by atoms with van der Waals surface area (Å²) in [5.74, 6) is 2.00. The maximum absolute atomic E-state index is 12.7. The molecule has 0 bridgehead atoms. The third-order valence-corrected chi connectivity index (χ3v) is 5.85. The zero-order chi connectivity index (χ0) is 24.4. The van der Waals surface area contributed by atoms with Gasteiger partial charge in [0.25, 0.3) is 5.95 Å². The highest BCUT2D eigenvalue weighted by Crippen LogP contribution is 2.40. The molecule has 1 amide bonds. The van der Waals surface area contributed by atoms with E-state index in [0.717, 1.165) is 33.9 Å². The second kappa shape index (κ2) is 9.38. The molecule has 9 heteroatoms. The molecule has 0 unspecified atom stereocenters. The van der Waals surface area contributed by atoms with Gasteiger partial charge in [0, 0.05) is 23.5 Å². The van der Waals surface area contributed by atoms with Crippen molar-refractivity contribution in [3.63, 3.8) is 0 Å². The van der Waals surface area contributed by atoms with Crippen LogP contribution in [0, 0.1) is 6.92 Å². The van der Waals surface area contributed by atoms with Crippen LogP contribution in [0.3, 0.4) is 0 Å². The second-order valence-electron chi connectivity index (χ2n) is 8.11. The molecule has 1 aliphatic heterocycles. The molecule has 2 aromatic heterocycles. The first kappa shape index (κ1) is 22.3. The molecule has 0 radical (unpaired) electrons. The molecule has 176 valence electrons. The molecule has 3 heterocycles. The van der Waals surface area contributed by atoms with Crippen molar-refractivity contribution >= 4 is 11.7 Å². The predicted octanol–water partition coefficient (Wildman–Crippen LogP) is 4.08. The number of hydrogen-bond acceptors (Lipinski definition) is 7. The van der Waals surface area contributed by atoms with Gasteiger partial charge in [0.2, 0.25) is 5.91 Å². The van der Waals surface area contributed by atoms with Crippen LogP contribution in [0.5, 0.6) is 11.5 Å². The van der Waals surface area contributed by atoms with Crippen LogP contribution in [0.1, 0.15) is 29.2 Å². The lowest BCUT2D eigenvalue weighted by atomic mass is 9.86. The van der Waals surface area contributed by atoms with Crippen molar-refractivity contribution in [1.29, 1.82) is 0 Å². The standard InChI is InChI=1S/C26H24N6O3/c1-4-12-35-20-7-5-6-18(13-20)21-14-23(33)29-25-24(21)16(2)31-32(25)26-28-22(15-27-30-26)17-8-10-19(34-3)11-9-17/h4-11,13,15,21H,1,12,14H2,2-3H3,(H,29,33)/t21-/m1/s1. The summed E-state index contributed by atoms with van der Waals surface area (Å²) < 4.78 is 12.5. The van der Waals surface area contributed by atoms with Crippen molar-refractivity contribution in [2.24, 2.45) is 0 Å². The van der Waals surface area contributed by atoms with E-state index in [1.807, 2.05) is 55.5 Å². The van der Waals surface area contributed by atoms with Gasteiger partial charge >= 0.3 is 0 Å². The van der Waals surface area contributed by atoms with Crippen LogP contribution in [0.4, 0.5) is 5.82 Å². The van der Waals surface area contributed by atoms with E-state index >= 15 is 0 Å². The van der Waals surface area contributed by atoms with Gasteiger partial charge in [-0.05, 0) is 48.9 Å². The molecule has 1 atom stereocenters. The van der Waals surface area contributed by atoms with E-state index in [0.29, 0.717) is 24.5 Å². The number of nitrogens with one attached hydrogen (secondary N) is 1. The first-order chi connectivity index (χ1) is 17.1. The number of carbonyl (C=O) groups excluding carboxylic acids is 1. The summed E-state index contributed by atoms with van der Waals surface area (Å²) in [6.45, 7) is 6.02. The van der Waals surface area contributed by atoms with Crippen LogP contribution in [0.2, 0.25) is 0 Å². The summed E-state index contributed by atoms with van der Waals surface area (Å²) in [5, 5.41) is 16.0. The molecule has 1 N–H and O–H groups in total. The Morgan fingerprint density at radius 3 is 2.80 bits per heavy atom. The van der Waals surface area contributed by atoms with E-state index in [4.69, 9.17) is 9.47 Å². The Hall–Kier alpha value is -4.53. The number of hydrogen-bond donors (Lipinski definition) is 1. The van der Waals surface area contributed by atoms with Crippen LogP contribution in [0.25, 0.3) is 17.2 Å². The maximum Gasteiger partial charge on any atom is 0.272 e. The Balaban J connectivity index is 1.54. The SMILES string of the molecule is C=CCOc1cccc([C@H]2CC(=O)Nc3c2c(C)nn3-c2nncc(-c3ccc(OC)cc3)n2)c1. The van der Waals surface area contributed by atoms with Gasteiger partial charge in [0.1, 0.15) is 23.9 Å². The van der Waals surface area contributed by atoms with Gasteiger partial charge in [0.15, 0.2) is 0 Å². The molecule has 9 nitrogen and oxygen atoms in total. The van der Waals surface area contributed by atoms with Crippen LogP contribution in [-0.2, 0) is 4.79 Å². The van der Waals surface area contributed by atoms with Crippen LogP contribution in [-0.4, -0.2) is 44.6 Å². The van der Waals surface area contributed by atoms with Crippen LogP contribution < -0.4 is 14.8 Å². The molecule has 35 heavy (non-hydrogen) atoms. The van der Waals surface area contributed by atoms with Crippen molar-refractivity contribution in [3.8, 4) is 28.7 Å². The molecule has 0 saturated carbocycles. The number of ether oxygens (including phenoxy) is 2. The van der Waals surface area contributed by atoms with E-state index in [9.17, 15) is 4.79 Å². The summed E-state index contributed by atoms with van der Waals surface area (Å²) in [5.41, 5.74) is 4.16. The zero-order valence-electron chi connectivity index (χ0n) is 19.4. The van der Waals surface area contributed by atoms with E-state index < -0.39 is 0 Å². The minimum absolute atomic E-state index is 0.111. The van der Waals surface area contributed by atoms with Crippen molar-refractivity contribution in [1.82, 2.24) is 25.0 Å². The van der Waals surface area contributed by atoms with Gasteiger partial charge in [-0.15, -0.1) is 5.10 Å². The highest BCUT2D eigenvalue weighted by molar-refractivity contribution is 5.95. The van der Waals surface area contributed by atoms with E-state index in [1.165, 1.54) is 0 Å². The molecule has 0 saturated heterocycles. The predicted molar refractivity (Wildman–Crippen MR) is 131 cm³/mol. The van der Waals surface area contributed by atoms with Gasteiger partial charge in [-0.25, -0.2) is 4.98 Å². The van der Waals surface area contributed by atoms with Crippen molar-refractivity contribution in [2.75, 3.05) is 19.0 Å². The number of rotatable bonds is 7. The van der Waals surface area contributed by atoms with Gasteiger partial charge in [-0.2, -0.15) is 14.9 Å². The summed E-state index contributed by atoms with van der Waals surface area (Å²) in [7, 11) is 1.62. The third-order valence-electron chi connectivity index (χ3n) is 5.85. The minimum Gasteiger partial charge on any atom is -0.497 e. The first-order valence-corrected chi connectivity index (χ1v) is 11.1. The summed E-state index contributed by atoms with van der Waals surface area (Å²) in [6, 6.07) is 15.3. The molecule has 0 spiro atoms. The topological polar surface area (TPSA) is 104 Å². The summed E-state index contributed by atoms with van der Waals surface area (Å²) in [4.78, 5) is 17.4. The third kappa shape index (κ3) is 4.35. The fraction of sp³-hybridized carbons (Fsp3) is 0.192. The number of fused-ring (bicyclic) bond motifs is 1. The molecule has 2 aromatic carbocycles. The fourth-order valence-corrected chi connectivity index (χ4v) is 4.24. The largest absolute Gasteiger partial charge is 0.497 e. The number of aromatic nitrogens is 5. The monoisotopic (exact) mass is 468 g/mol. The van der Waals surface area contributed by atoms with Gasteiger partial charge in [0.05, 0.1) is 24.7 Å². The lowest BCUT2D eigenvalue weighted by molar-refractivity contribution is -0.116. The lowest BCUT2D eigenvalue weighted by Crippen LogP contribution is -2.25. The van der Waals surface area contributed by atoms with E-state index in [2.05, 4.69) is 32.2 Å². The van der Waals surface area contributed by atoms with Crippen molar-refractivity contribution in [2.45, 2.75) is 19.3 Å². The van der Waals surface area contributed by atoms with Crippen LogP contribution in [0.15, 0.2) is 67.4 Å². The molecule has 4 aromatic rings. The Morgan fingerprint density at radius 1 is 1.20 bits per heavy atom. The van der Waals surface area contributed by atoms with Crippen molar-refractivity contribution in [3.05, 3.63) is 84.2 Å². The normalized spacial score (nSPS) is 14.7. The lowest BCUT2D eigenvalue weighted by Gasteiger charge is -2.24. The Morgan fingerprint density at radius 2 is 2.03 bits per heavy atom. The summed E-state index contributed by atoms with van der Waals surface area (Å²) in [6.07, 6.45) is 3.58. The highest BCUT2D eigenvalue weighted by Gasteiger charge is 2.33. The number of nitrogens with zero attached hydrogens (tertiary/aromatic N) is 5. The average Bonchev–Trinajstić information content (AvgIpc) is 3.23. The smallest absolute Gasteiger partial charge is 0.272 e. The quantitative estimate of drug-likeness (QED) is 0.408. The fourth-order valence-electron chi connectivity index (χ4n) is 4.24. The number of benzene rings is 2. The molecular weight excluding hydrogens is 444 g/mol. The van der Waals surface area contributed by atoms with Crippen molar-refractivity contribution < 1.29 is 14.3 Å². The van der Waals surface area contributed by atoms with E-state index in [1.54, 1.807) is 24.1 Å². The molecular formula is C26H24N6O3. The Labute approximate surface area is 202 Å². The average molecular weight is 469 g/mol. The Bertz CT molecular complexity index is 1400. The molecule has 1 aliphatic rings. The first-order valence-electron chi connectivity index (χ1n) is 11.1. The number of anilines is 1. The number of aryl methyl sites for hydroxylation is 1. The number of amides is 1. The van der Waals surface area contributed by atoms with Gasteiger partial charge in [-0.1, -0.05) is 24.8 Å². The maximum atomic E-state index is 12.7. The van der Waals surface area contributed by atoms with Gasteiger partial charge in [-0.3, -0.25) is 4.79 Å². The highest BCUT2D eigenvalue weighted by atomic mass is 16.5. The number of carbonyl (C=O) groups is 1. The minimum atomic E-state index is -0.183. The molecule has 5 rings (SSSR count). The molecule has 0 aliphatic carbocycles. The molecule has 0 fully saturated rings. The zero-order valence-corrected chi connectivity index (χ0v) is 19.4. The number of methoxy groups -OCH3 is 1. The van der Waals surface area contributed by atoms with E-state index in [-0.39, 0.29) is 17.8 Å².